The van der Waals surface area contributed by atoms with Crippen molar-refractivity contribution in [3.8, 4) is 5.75 Å². The summed E-state index contributed by atoms with van der Waals surface area (Å²) in [5.41, 5.74) is 2.15. The molecule has 0 aliphatic carbocycles. The van der Waals surface area contributed by atoms with E-state index >= 15 is 0 Å². The molecule has 1 N–H and O–H groups in total. The van der Waals surface area contributed by atoms with Crippen molar-refractivity contribution in [2.75, 3.05) is 0 Å². The summed E-state index contributed by atoms with van der Waals surface area (Å²) in [4.78, 5) is 0. The van der Waals surface area contributed by atoms with Gasteiger partial charge in [0.2, 0.25) is 0 Å². The van der Waals surface area contributed by atoms with Crippen LogP contribution in [0.5, 0.6) is 5.75 Å². The average Bonchev–Trinajstić information content (AvgIpc) is 2.24. The van der Waals surface area contributed by atoms with Crippen LogP contribution in [0.25, 0.3) is 0 Å². The molecule has 2 rings (SSSR count). The standard InChI is InChI=1S/C13H11BrO/c14-12-7-6-11(13(15)9-12)8-10-4-2-1-3-5-10/h1-7,9,15H,8H2. The van der Waals surface area contributed by atoms with E-state index < -0.39 is 0 Å². The minimum Gasteiger partial charge on any atom is -0.508 e. The highest BCUT2D eigenvalue weighted by molar-refractivity contribution is 9.10. The lowest BCUT2D eigenvalue weighted by molar-refractivity contribution is 0.469. The summed E-state index contributed by atoms with van der Waals surface area (Å²) in [6.07, 6.45) is 0.764. The molecule has 0 unspecified atom stereocenters. The van der Waals surface area contributed by atoms with Gasteiger partial charge in [0.1, 0.15) is 5.75 Å². The topological polar surface area (TPSA) is 20.2 Å². The van der Waals surface area contributed by atoms with Gasteiger partial charge in [-0.05, 0) is 23.3 Å². The van der Waals surface area contributed by atoms with Crippen LogP contribution in [0.15, 0.2) is 53.0 Å². The van der Waals surface area contributed by atoms with Crippen LogP contribution in [-0.4, -0.2) is 5.11 Å². The molecule has 0 bridgehead atoms. The number of hydrogen-bond acceptors (Lipinski definition) is 1. The molecule has 0 radical (unpaired) electrons. The second-order valence-electron chi connectivity index (χ2n) is 3.44. The third-order valence-corrected chi connectivity index (χ3v) is 2.78. The zero-order valence-electron chi connectivity index (χ0n) is 8.15. The summed E-state index contributed by atoms with van der Waals surface area (Å²) in [5, 5.41) is 9.72. The monoisotopic (exact) mass is 262 g/mol. The molecule has 0 saturated carbocycles. The number of aromatic hydroxyl groups is 1. The lowest BCUT2D eigenvalue weighted by Gasteiger charge is -2.04. The van der Waals surface area contributed by atoms with Gasteiger partial charge in [-0.2, -0.15) is 0 Å². The predicted octanol–water partition coefficient (Wildman–Crippen LogP) is 3.75. The number of rotatable bonds is 2. The Bertz CT molecular complexity index is 451. The maximum Gasteiger partial charge on any atom is 0.120 e. The highest BCUT2D eigenvalue weighted by Gasteiger charge is 2.02. The highest BCUT2D eigenvalue weighted by Crippen LogP contribution is 2.24. The Balaban J connectivity index is 2.25. The second-order valence-corrected chi connectivity index (χ2v) is 4.35. The SMILES string of the molecule is Oc1cc(Br)ccc1Cc1ccccc1. The number of halogens is 1. The number of phenols is 1. The van der Waals surface area contributed by atoms with Crippen molar-refractivity contribution in [1.29, 1.82) is 0 Å². The molecule has 1 nitrogen and oxygen atoms in total. The lowest BCUT2D eigenvalue weighted by Crippen LogP contribution is -1.88. The average molecular weight is 263 g/mol. The van der Waals surface area contributed by atoms with Crippen molar-refractivity contribution >= 4 is 15.9 Å². The maximum atomic E-state index is 9.72. The molecule has 2 heteroatoms. The fourth-order valence-electron chi connectivity index (χ4n) is 1.50. The molecular formula is C13H11BrO. The summed E-state index contributed by atoms with van der Waals surface area (Å²) < 4.78 is 0.900. The Morgan fingerprint density at radius 3 is 2.40 bits per heavy atom. The first-order chi connectivity index (χ1) is 7.25. The molecule has 0 fully saturated rings. The normalized spacial score (nSPS) is 10.2. The van der Waals surface area contributed by atoms with Gasteiger partial charge < -0.3 is 5.11 Å². The predicted molar refractivity (Wildman–Crippen MR) is 65.1 cm³/mol. The first-order valence-electron chi connectivity index (χ1n) is 4.77. The van der Waals surface area contributed by atoms with Gasteiger partial charge in [0, 0.05) is 10.9 Å². The molecule has 0 heterocycles. The molecular weight excluding hydrogens is 252 g/mol. The molecule has 0 amide bonds. The summed E-state index contributed by atoms with van der Waals surface area (Å²) in [5.74, 6) is 0.341. The Kier molecular flexibility index (Phi) is 3.07. The fourth-order valence-corrected chi connectivity index (χ4v) is 1.85. The molecule has 2 aromatic rings. The van der Waals surface area contributed by atoms with Gasteiger partial charge in [-0.3, -0.25) is 0 Å². The highest BCUT2D eigenvalue weighted by atomic mass is 79.9. The minimum absolute atomic E-state index is 0.341. The first-order valence-corrected chi connectivity index (χ1v) is 5.56. The van der Waals surface area contributed by atoms with Gasteiger partial charge in [-0.1, -0.05) is 52.3 Å². The Hall–Kier alpha value is -1.28. The third-order valence-electron chi connectivity index (χ3n) is 2.28. The van der Waals surface area contributed by atoms with Gasteiger partial charge in [0.05, 0.1) is 0 Å². The third kappa shape index (κ3) is 2.60. The lowest BCUT2D eigenvalue weighted by atomic mass is 10.0. The van der Waals surface area contributed by atoms with Crippen LogP contribution in [0.2, 0.25) is 0 Å². The van der Waals surface area contributed by atoms with E-state index in [1.807, 2.05) is 30.3 Å². The largest absolute Gasteiger partial charge is 0.508 e. The van der Waals surface area contributed by atoms with E-state index in [0.717, 1.165) is 16.5 Å². The smallest absolute Gasteiger partial charge is 0.120 e. The van der Waals surface area contributed by atoms with Gasteiger partial charge in [-0.25, -0.2) is 0 Å². The van der Waals surface area contributed by atoms with Crippen LogP contribution in [0.4, 0.5) is 0 Å². The van der Waals surface area contributed by atoms with Crippen LogP contribution in [0.1, 0.15) is 11.1 Å². The van der Waals surface area contributed by atoms with Crippen molar-refractivity contribution in [3.63, 3.8) is 0 Å². The maximum absolute atomic E-state index is 9.72. The summed E-state index contributed by atoms with van der Waals surface area (Å²) in [7, 11) is 0. The molecule has 76 valence electrons. The van der Waals surface area contributed by atoms with E-state index in [9.17, 15) is 5.11 Å². The Morgan fingerprint density at radius 2 is 1.73 bits per heavy atom. The number of hydrogen-bond donors (Lipinski definition) is 1. The van der Waals surface area contributed by atoms with E-state index in [1.54, 1.807) is 6.07 Å². The van der Waals surface area contributed by atoms with Crippen LogP contribution in [0.3, 0.4) is 0 Å². The van der Waals surface area contributed by atoms with Crippen molar-refractivity contribution in [2.24, 2.45) is 0 Å². The van der Waals surface area contributed by atoms with Gasteiger partial charge in [-0.15, -0.1) is 0 Å². The molecule has 0 atom stereocenters. The molecule has 0 aliphatic heterocycles. The van der Waals surface area contributed by atoms with Crippen molar-refractivity contribution < 1.29 is 5.11 Å². The fraction of sp³-hybridized carbons (Fsp3) is 0.0769. The number of benzene rings is 2. The van der Waals surface area contributed by atoms with Gasteiger partial charge in [0.15, 0.2) is 0 Å². The summed E-state index contributed by atoms with van der Waals surface area (Å²) in [6.45, 7) is 0. The van der Waals surface area contributed by atoms with E-state index in [0.29, 0.717) is 5.75 Å². The molecule has 2 aromatic carbocycles. The molecule has 0 saturated heterocycles. The molecule has 0 aliphatic rings. The van der Waals surface area contributed by atoms with Crippen molar-refractivity contribution in [1.82, 2.24) is 0 Å². The van der Waals surface area contributed by atoms with E-state index in [2.05, 4.69) is 28.1 Å². The van der Waals surface area contributed by atoms with E-state index in [-0.39, 0.29) is 0 Å². The zero-order chi connectivity index (χ0) is 10.7. The first kappa shape index (κ1) is 10.2. The van der Waals surface area contributed by atoms with Gasteiger partial charge >= 0.3 is 0 Å². The van der Waals surface area contributed by atoms with Crippen LogP contribution in [0, 0.1) is 0 Å². The molecule has 15 heavy (non-hydrogen) atoms. The Morgan fingerprint density at radius 1 is 1.00 bits per heavy atom. The molecule has 0 aromatic heterocycles. The number of phenolic OH excluding ortho intramolecular Hbond substituents is 1. The van der Waals surface area contributed by atoms with Gasteiger partial charge in [0.25, 0.3) is 0 Å². The van der Waals surface area contributed by atoms with E-state index in [1.165, 1.54) is 5.56 Å². The Labute approximate surface area is 97.5 Å². The quantitative estimate of drug-likeness (QED) is 0.874. The minimum atomic E-state index is 0.341. The van der Waals surface area contributed by atoms with Crippen molar-refractivity contribution in [2.45, 2.75) is 6.42 Å². The van der Waals surface area contributed by atoms with Crippen LogP contribution in [-0.2, 0) is 6.42 Å². The summed E-state index contributed by atoms with van der Waals surface area (Å²) in [6, 6.07) is 15.7. The summed E-state index contributed by atoms with van der Waals surface area (Å²) >= 11 is 3.32. The van der Waals surface area contributed by atoms with Crippen LogP contribution < -0.4 is 0 Å². The van der Waals surface area contributed by atoms with Crippen molar-refractivity contribution in [3.05, 3.63) is 64.1 Å². The second kappa shape index (κ2) is 4.49. The van der Waals surface area contributed by atoms with Crippen LogP contribution >= 0.6 is 15.9 Å². The van der Waals surface area contributed by atoms with E-state index in [4.69, 9.17) is 0 Å². The zero-order valence-corrected chi connectivity index (χ0v) is 9.74. The molecule has 0 spiro atoms.